The summed E-state index contributed by atoms with van der Waals surface area (Å²) in [6.45, 7) is 1.67. The standard InChI is InChI=1S/C25H17Cl2N3O2S/c1-15-22(24(30-32-15)23-18(26)5-4-6-19(23)27)25(31)29-20-7-2-3-8-21(20)33-14-17-11-9-16(13-28)10-12-17/h2-12H,14H2,1H3,(H,29,31). The van der Waals surface area contributed by atoms with Crippen molar-refractivity contribution in [3.63, 3.8) is 0 Å². The van der Waals surface area contributed by atoms with Crippen LogP contribution in [0, 0.1) is 18.3 Å². The van der Waals surface area contributed by atoms with E-state index in [1.807, 2.05) is 36.4 Å². The van der Waals surface area contributed by atoms with Crippen molar-refractivity contribution < 1.29 is 9.32 Å². The lowest BCUT2D eigenvalue weighted by Gasteiger charge is -2.12. The summed E-state index contributed by atoms with van der Waals surface area (Å²) in [7, 11) is 0. The minimum absolute atomic E-state index is 0.275. The van der Waals surface area contributed by atoms with E-state index in [0.29, 0.717) is 44.1 Å². The molecule has 0 atom stereocenters. The normalized spacial score (nSPS) is 10.6. The van der Waals surface area contributed by atoms with Crippen molar-refractivity contribution in [3.8, 4) is 17.3 Å². The van der Waals surface area contributed by atoms with E-state index in [2.05, 4.69) is 16.5 Å². The molecule has 4 aromatic rings. The van der Waals surface area contributed by atoms with Gasteiger partial charge in [-0.25, -0.2) is 0 Å². The SMILES string of the molecule is Cc1onc(-c2c(Cl)cccc2Cl)c1C(=O)Nc1ccccc1SCc1ccc(C#N)cc1. The van der Waals surface area contributed by atoms with E-state index in [0.717, 1.165) is 10.5 Å². The van der Waals surface area contributed by atoms with E-state index < -0.39 is 0 Å². The first-order chi connectivity index (χ1) is 16.0. The summed E-state index contributed by atoms with van der Waals surface area (Å²) < 4.78 is 5.32. The van der Waals surface area contributed by atoms with E-state index in [-0.39, 0.29) is 11.5 Å². The van der Waals surface area contributed by atoms with Crippen LogP contribution in [0.4, 0.5) is 5.69 Å². The number of hydrogen-bond acceptors (Lipinski definition) is 5. The lowest BCUT2D eigenvalue weighted by molar-refractivity contribution is 0.102. The van der Waals surface area contributed by atoms with Crippen LogP contribution in [0.2, 0.25) is 10.0 Å². The fourth-order valence-electron chi connectivity index (χ4n) is 3.25. The van der Waals surface area contributed by atoms with Crippen molar-refractivity contribution in [3.05, 3.63) is 99.2 Å². The van der Waals surface area contributed by atoms with Crippen molar-refractivity contribution in [1.29, 1.82) is 5.26 Å². The number of hydrogen-bond donors (Lipinski definition) is 1. The van der Waals surface area contributed by atoms with E-state index in [1.165, 1.54) is 0 Å². The molecule has 0 saturated heterocycles. The number of halogens is 2. The molecule has 0 fully saturated rings. The van der Waals surface area contributed by atoms with Gasteiger partial charge in [0, 0.05) is 16.2 Å². The van der Waals surface area contributed by atoms with Gasteiger partial charge < -0.3 is 9.84 Å². The van der Waals surface area contributed by atoms with Crippen LogP contribution in [-0.4, -0.2) is 11.1 Å². The van der Waals surface area contributed by atoms with Gasteiger partial charge >= 0.3 is 0 Å². The van der Waals surface area contributed by atoms with Gasteiger partial charge in [-0.15, -0.1) is 11.8 Å². The molecule has 5 nitrogen and oxygen atoms in total. The minimum Gasteiger partial charge on any atom is -0.360 e. The molecule has 0 bridgehead atoms. The molecule has 0 aliphatic heterocycles. The molecule has 0 spiro atoms. The molecule has 1 heterocycles. The molecule has 0 saturated carbocycles. The summed E-state index contributed by atoms with van der Waals surface area (Å²) in [6.07, 6.45) is 0. The van der Waals surface area contributed by atoms with Gasteiger partial charge in [-0.1, -0.05) is 58.7 Å². The number of amides is 1. The highest BCUT2D eigenvalue weighted by molar-refractivity contribution is 7.98. The van der Waals surface area contributed by atoms with Crippen molar-refractivity contribution in [2.45, 2.75) is 17.6 Å². The van der Waals surface area contributed by atoms with Crippen LogP contribution in [0.1, 0.15) is 27.2 Å². The van der Waals surface area contributed by atoms with Crippen LogP contribution in [0.15, 0.2) is 76.1 Å². The van der Waals surface area contributed by atoms with Crippen LogP contribution in [0.3, 0.4) is 0 Å². The zero-order valence-electron chi connectivity index (χ0n) is 17.4. The van der Waals surface area contributed by atoms with Gasteiger partial charge in [0.2, 0.25) is 0 Å². The number of thioether (sulfide) groups is 1. The van der Waals surface area contributed by atoms with Gasteiger partial charge in [-0.3, -0.25) is 4.79 Å². The fraction of sp³-hybridized carbons (Fsp3) is 0.0800. The summed E-state index contributed by atoms with van der Waals surface area (Å²) >= 11 is 14.3. The van der Waals surface area contributed by atoms with Crippen LogP contribution in [0.5, 0.6) is 0 Å². The van der Waals surface area contributed by atoms with Gasteiger partial charge in [0.1, 0.15) is 17.0 Å². The number of rotatable bonds is 6. The second-order valence-electron chi connectivity index (χ2n) is 7.11. The van der Waals surface area contributed by atoms with Gasteiger partial charge in [-0.05, 0) is 48.9 Å². The maximum absolute atomic E-state index is 13.3. The van der Waals surface area contributed by atoms with E-state index in [1.54, 1.807) is 49.0 Å². The van der Waals surface area contributed by atoms with Gasteiger partial charge in [-0.2, -0.15) is 5.26 Å². The Morgan fingerprint density at radius 2 is 1.76 bits per heavy atom. The first kappa shape index (κ1) is 22.9. The molecule has 8 heteroatoms. The van der Waals surface area contributed by atoms with Crippen molar-refractivity contribution in [1.82, 2.24) is 5.16 Å². The average Bonchev–Trinajstić information content (AvgIpc) is 3.19. The highest BCUT2D eigenvalue weighted by Crippen LogP contribution is 2.37. The number of nitrogens with zero attached hydrogens (tertiary/aromatic N) is 2. The quantitative estimate of drug-likeness (QED) is 0.283. The van der Waals surface area contributed by atoms with Crippen LogP contribution < -0.4 is 5.32 Å². The number of anilines is 1. The topological polar surface area (TPSA) is 78.9 Å². The molecule has 4 rings (SSSR count). The summed E-state index contributed by atoms with van der Waals surface area (Å²) in [5.74, 6) is 0.679. The molecular weight excluding hydrogens is 477 g/mol. The Labute approximate surface area is 205 Å². The number of para-hydroxylation sites is 1. The maximum Gasteiger partial charge on any atom is 0.261 e. The predicted octanol–water partition coefficient (Wildman–Crippen LogP) is 7.37. The summed E-state index contributed by atoms with van der Waals surface area (Å²) in [6, 6.07) is 22.2. The lowest BCUT2D eigenvalue weighted by Crippen LogP contribution is -2.14. The Morgan fingerprint density at radius 1 is 1.06 bits per heavy atom. The number of nitrogens with one attached hydrogen (secondary N) is 1. The van der Waals surface area contributed by atoms with E-state index in [4.69, 9.17) is 33.0 Å². The van der Waals surface area contributed by atoms with Crippen LogP contribution in [0.25, 0.3) is 11.3 Å². The summed E-state index contributed by atoms with van der Waals surface area (Å²) in [5, 5.41) is 16.7. The number of benzene rings is 3. The molecule has 1 amide bonds. The molecular formula is C25H17Cl2N3O2S. The Morgan fingerprint density at radius 3 is 2.45 bits per heavy atom. The van der Waals surface area contributed by atoms with Gasteiger partial charge in [0.15, 0.2) is 0 Å². The third-order valence-corrected chi connectivity index (χ3v) is 6.68. The molecule has 0 aliphatic carbocycles. The largest absolute Gasteiger partial charge is 0.360 e. The number of aryl methyl sites for hydroxylation is 1. The summed E-state index contributed by atoms with van der Waals surface area (Å²) in [5.41, 5.74) is 3.38. The predicted molar refractivity (Wildman–Crippen MR) is 132 cm³/mol. The molecule has 0 unspecified atom stereocenters. The smallest absolute Gasteiger partial charge is 0.261 e. The van der Waals surface area contributed by atoms with Crippen molar-refractivity contribution >= 4 is 46.6 Å². The molecule has 3 aromatic carbocycles. The highest BCUT2D eigenvalue weighted by Gasteiger charge is 2.25. The molecule has 164 valence electrons. The minimum atomic E-state index is -0.369. The average molecular weight is 494 g/mol. The fourth-order valence-corrected chi connectivity index (χ4v) is 4.79. The highest BCUT2D eigenvalue weighted by atomic mass is 35.5. The third kappa shape index (κ3) is 5.07. The number of carbonyl (C=O) groups is 1. The van der Waals surface area contributed by atoms with Gasteiger partial charge in [0.05, 0.1) is 27.4 Å². The second kappa shape index (κ2) is 10.1. The van der Waals surface area contributed by atoms with Crippen LogP contribution >= 0.6 is 35.0 Å². The molecule has 0 radical (unpaired) electrons. The van der Waals surface area contributed by atoms with Crippen molar-refractivity contribution in [2.75, 3.05) is 5.32 Å². The van der Waals surface area contributed by atoms with Crippen molar-refractivity contribution in [2.24, 2.45) is 0 Å². The Kier molecular flexibility index (Phi) is 7.05. The zero-order chi connectivity index (χ0) is 23.4. The summed E-state index contributed by atoms with van der Waals surface area (Å²) in [4.78, 5) is 14.2. The van der Waals surface area contributed by atoms with Gasteiger partial charge in [0.25, 0.3) is 5.91 Å². The first-order valence-corrected chi connectivity index (χ1v) is 11.6. The third-order valence-electron chi connectivity index (χ3n) is 4.90. The number of nitriles is 1. The molecule has 33 heavy (non-hydrogen) atoms. The first-order valence-electron chi connectivity index (χ1n) is 9.91. The number of aromatic nitrogens is 1. The molecule has 1 aromatic heterocycles. The molecule has 0 aliphatic rings. The monoisotopic (exact) mass is 493 g/mol. The zero-order valence-corrected chi connectivity index (χ0v) is 19.8. The number of carbonyl (C=O) groups excluding carboxylic acids is 1. The second-order valence-corrected chi connectivity index (χ2v) is 8.94. The Bertz CT molecular complexity index is 1340. The lowest BCUT2D eigenvalue weighted by atomic mass is 10.1. The van der Waals surface area contributed by atoms with Crippen LogP contribution in [-0.2, 0) is 5.75 Å². The Hall–Kier alpha value is -3.24. The Balaban J connectivity index is 1.58. The maximum atomic E-state index is 13.3. The van der Waals surface area contributed by atoms with E-state index >= 15 is 0 Å². The van der Waals surface area contributed by atoms with E-state index in [9.17, 15) is 4.79 Å². The molecule has 1 N–H and O–H groups in total.